The van der Waals surface area contributed by atoms with Gasteiger partial charge in [-0.2, -0.15) is 13.2 Å². The Labute approximate surface area is 117 Å². The van der Waals surface area contributed by atoms with E-state index in [1.807, 2.05) is 0 Å². The number of hydrogen-bond acceptors (Lipinski definition) is 2. The predicted octanol–water partition coefficient (Wildman–Crippen LogP) is 4.70. The van der Waals surface area contributed by atoms with Crippen LogP contribution in [0.2, 0.25) is 4.34 Å². The van der Waals surface area contributed by atoms with Gasteiger partial charge in [0, 0.05) is 11.3 Å². The molecule has 0 amide bonds. The summed E-state index contributed by atoms with van der Waals surface area (Å²) in [6.45, 7) is 0. The number of benzene rings is 1. The van der Waals surface area contributed by atoms with Gasteiger partial charge in [-0.25, -0.2) is 0 Å². The molecule has 0 saturated carbocycles. The molecule has 0 bridgehead atoms. The molecule has 0 saturated heterocycles. The van der Waals surface area contributed by atoms with E-state index in [0.29, 0.717) is 16.3 Å². The third-order valence-electron chi connectivity index (χ3n) is 2.65. The molecule has 1 unspecified atom stereocenters. The Balaban J connectivity index is 2.09. The third kappa shape index (κ3) is 3.72. The summed E-state index contributed by atoms with van der Waals surface area (Å²) < 4.78 is 37.8. The fourth-order valence-corrected chi connectivity index (χ4v) is 2.79. The summed E-state index contributed by atoms with van der Waals surface area (Å²) in [5.41, 5.74) is -0.264. The van der Waals surface area contributed by atoms with Crippen molar-refractivity contribution in [2.75, 3.05) is 0 Å². The van der Waals surface area contributed by atoms with Gasteiger partial charge in [0.2, 0.25) is 0 Å². The maximum Gasteiger partial charge on any atom is 0.416 e. The maximum absolute atomic E-state index is 12.4. The molecule has 1 atom stereocenters. The van der Waals surface area contributed by atoms with Crippen molar-refractivity contribution >= 4 is 22.9 Å². The van der Waals surface area contributed by atoms with E-state index in [2.05, 4.69) is 0 Å². The van der Waals surface area contributed by atoms with Crippen molar-refractivity contribution in [2.24, 2.45) is 0 Å². The van der Waals surface area contributed by atoms with Crippen molar-refractivity contribution < 1.29 is 18.3 Å². The molecule has 1 nitrogen and oxygen atoms in total. The lowest BCUT2D eigenvalue weighted by Crippen LogP contribution is -2.06. The summed E-state index contributed by atoms with van der Waals surface area (Å²) in [6, 6.07) is 8.05. The number of alkyl halides is 3. The molecule has 0 aliphatic carbocycles. The Morgan fingerprint density at radius 2 is 1.74 bits per heavy atom. The number of rotatable bonds is 3. The molecule has 2 aromatic rings. The van der Waals surface area contributed by atoms with Crippen LogP contribution in [0.4, 0.5) is 13.2 Å². The minimum absolute atomic E-state index is 0.336. The van der Waals surface area contributed by atoms with E-state index in [4.69, 9.17) is 11.6 Å². The van der Waals surface area contributed by atoms with E-state index in [-0.39, 0.29) is 0 Å². The average Bonchev–Trinajstić information content (AvgIpc) is 2.74. The number of halogens is 4. The van der Waals surface area contributed by atoms with Crippen LogP contribution in [0, 0.1) is 0 Å². The first-order chi connectivity index (χ1) is 8.86. The lowest BCUT2D eigenvalue weighted by atomic mass is 10.0. The lowest BCUT2D eigenvalue weighted by molar-refractivity contribution is -0.137. The molecule has 0 aliphatic heterocycles. The molecule has 0 radical (unpaired) electrons. The summed E-state index contributed by atoms with van der Waals surface area (Å²) in [6.07, 6.45) is -4.86. The van der Waals surface area contributed by atoms with Crippen LogP contribution in [0.3, 0.4) is 0 Å². The van der Waals surface area contributed by atoms with Gasteiger partial charge in [-0.3, -0.25) is 0 Å². The zero-order valence-electron chi connectivity index (χ0n) is 9.62. The molecule has 0 fully saturated rings. The minimum Gasteiger partial charge on any atom is -0.388 e. The quantitative estimate of drug-likeness (QED) is 0.871. The molecule has 2 rings (SSSR count). The van der Waals surface area contributed by atoms with Crippen molar-refractivity contribution in [2.45, 2.75) is 18.7 Å². The molecular weight excluding hydrogens is 297 g/mol. The van der Waals surface area contributed by atoms with Gasteiger partial charge >= 0.3 is 6.18 Å². The van der Waals surface area contributed by atoms with Gasteiger partial charge in [-0.1, -0.05) is 23.7 Å². The van der Waals surface area contributed by atoms with Gasteiger partial charge in [0.15, 0.2) is 0 Å². The number of aliphatic hydroxyl groups is 1. The molecule has 19 heavy (non-hydrogen) atoms. The Kier molecular flexibility index (Phi) is 4.18. The van der Waals surface area contributed by atoms with Crippen molar-refractivity contribution in [3.8, 4) is 0 Å². The SMILES string of the molecule is OC(Cc1ccc(Cl)s1)c1ccc(C(F)(F)F)cc1. The number of hydrogen-bond donors (Lipinski definition) is 1. The van der Waals surface area contributed by atoms with Gasteiger partial charge in [-0.05, 0) is 29.8 Å². The Morgan fingerprint density at radius 3 is 2.21 bits per heavy atom. The van der Waals surface area contributed by atoms with E-state index < -0.39 is 17.8 Å². The number of aliphatic hydroxyl groups excluding tert-OH is 1. The smallest absolute Gasteiger partial charge is 0.388 e. The second kappa shape index (κ2) is 5.53. The fraction of sp³-hybridized carbons (Fsp3) is 0.231. The van der Waals surface area contributed by atoms with Crippen molar-refractivity contribution in [1.82, 2.24) is 0 Å². The fourth-order valence-electron chi connectivity index (χ4n) is 1.66. The molecule has 1 N–H and O–H groups in total. The first kappa shape index (κ1) is 14.4. The summed E-state index contributed by atoms with van der Waals surface area (Å²) in [7, 11) is 0. The van der Waals surface area contributed by atoms with Gasteiger partial charge in [0.25, 0.3) is 0 Å². The average molecular weight is 307 g/mol. The Bertz CT molecular complexity index is 548. The van der Waals surface area contributed by atoms with E-state index in [1.54, 1.807) is 12.1 Å². The highest BCUT2D eigenvalue weighted by Gasteiger charge is 2.30. The van der Waals surface area contributed by atoms with Gasteiger partial charge < -0.3 is 5.11 Å². The Hall–Kier alpha value is -1.04. The molecular formula is C13H10ClF3OS. The summed E-state index contributed by atoms with van der Waals surface area (Å²) >= 11 is 7.12. The zero-order chi connectivity index (χ0) is 14.0. The van der Waals surface area contributed by atoms with Crippen LogP contribution >= 0.6 is 22.9 Å². The highest BCUT2D eigenvalue weighted by atomic mass is 35.5. The van der Waals surface area contributed by atoms with Crippen LogP contribution in [0.5, 0.6) is 0 Å². The van der Waals surface area contributed by atoms with Crippen molar-refractivity contribution in [3.05, 3.63) is 56.7 Å². The number of thiophene rings is 1. The first-order valence-electron chi connectivity index (χ1n) is 5.45. The molecule has 1 aromatic carbocycles. The summed E-state index contributed by atoms with van der Waals surface area (Å²) in [5, 5.41) is 9.96. The van der Waals surface area contributed by atoms with E-state index in [0.717, 1.165) is 17.0 Å². The highest BCUT2D eigenvalue weighted by molar-refractivity contribution is 7.16. The monoisotopic (exact) mass is 306 g/mol. The maximum atomic E-state index is 12.4. The Morgan fingerprint density at radius 1 is 1.11 bits per heavy atom. The third-order valence-corrected chi connectivity index (χ3v) is 3.90. The molecule has 102 valence electrons. The second-order valence-electron chi connectivity index (χ2n) is 4.05. The molecule has 0 aliphatic rings. The standard InChI is InChI=1S/C13H10ClF3OS/c14-12-6-5-10(19-12)7-11(18)8-1-3-9(4-2-8)13(15,16)17/h1-6,11,18H,7H2. The van der Waals surface area contributed by atoms with Crippen LogP contribution in [0.1, 0.15) is 22.1 Å². The molecule has 6 heteroatoms. The van der Waals surface area contributed by atoms with E-state index in [9.17, 15) is 18.3 Å². The van der Waals surface area contributed by atoms with Crippen molar-refractivity contribution in [1.29, 1.82) is 0 Å². The van der Waals surface area contributed by atoms with Crippen LogP contribution in [-0.2, 0) is 12.6 Å². The van der Waals surface area contributed by atoms with Crippen LogP contribution < -0.4 is 0 Å². The minimum atomic E-state index is -4.36. The topological polar surface area (TPSA) is 20.2 Å². The van der Waals surface area contributed by atoms with Gasteiger partial charge in [0.1, 0.15) is 0 Å². The molecule has 0 spiro atoms. The van der Waals surface area contributed by atoms with Crippen molar-refractivity contribution in [3.63, 3.8) is 0 Å². The van der Waals surface area contributed by atoms with E-state index in [1.165, 1.54) is 23.5 Å². The summed E-state index contributed by atoms with van der Waals surface area (Å²) in [4.78, 5) is 0.886. The largest absolute Gasteiger partial charge is 0.416 e. The predicted molar refractivity (Wildman–Crippen MR) is 69.4 cm³/mol. The van der Waals surface area contributed by atoms with Gasteiger partial charge in [0.05, 0.1) is 16.0 Å². The van der Waals surface area contributed by atoms with E-state index >= 15 is 0 Å². The van der Waals surface area contributed by atoms with Crippen LogP contribution in [0.25, 0.3) is 0 Å². The summed E-state index contributed by atoms with van der Waals surface area (Å²) in [5.74, 6) is 0. The van der Waals surface area contributed by atoms with Crippen LogP contribution in [0.15, 0.2) is 36.4 Å². The lowest BCUT2D eigenvalue weighted by Gasteiger charge is -2.12. The normalized spacial score (nSPS) is 13.5. The first-order valence-corrected chi connectivity index (χ1v) is 6.65. The molecule has 1 heterocycles. The van der Waals surface area contributed by atoms with Gasteiger partial charge in [-0.15, -0.1) is 11.3 Å². The molecule has 1 aromatic heterocycles. The zero-order valence-corrected chi connectivity index (χ0v) is 11.2. The van der Waals surface area contributed by atoms with Crippen LogP contribution in [-0.4, -0.2) is 5.11 Å². The highest BCUT2D eigenvalue weighted by Crippen LogP contribution is 2.31. The second-order valence-corrected chi connectivity index (χ2v) is 5.85.